The molecule has 0 N–H and O–H groups in total. The van der Waals surface area contributed by atoms with Gasteiger partial charge in [-0.3, -0.25) is 9.69 Å². The second kappa shape index (κ2) is 3.70. The average molecular weight is 217 g/mol. The zero-order valence-electron chi connectivity index (χ0n) is 10.4. The van der Waals surface area contributed by atoms with E-state index in [4.69, 9.17) is 0 Å². The van der Waals surface area contributed by atoms with Crippen molar-refractivity contribution in [3.63, 3.8) is 0 Å². The predicted octanol–water partition coefficient (Wildman–Crippen LogP) is 2.74. The molecule has 0 saturated carbocycles. The first-order chi connectivity index (χ1) is 7.43. The quantitative estimate of drug-likeness (QED) is 0.560. The molecule has 1 aromatic rings. The number of ketones is 1. The summed E-state index contributed by atoms with van der Waals surface area (Å²) in [5.74, 6) is 0.253. The lowest BCUT2D eigenvalue weighted by Gasteiger charge is -2.21. The van der Waals surface area contributed by atoms with Gasteiger partial charge < -0.3 is 0 Å². The van der Waals surface area contributed by atoms with Crippen molar-refractivity contribution < 1.29 is 4.79 Å². The maximum atomic E-state index is 12.2. The van der Waals surface area contributed by atoms with Crippen molar-refractivity contribution in [1.29, 1.82) is 0 Å². The molecule has 2 nitrogen and oxygen atoms in total. The molecular formula is C14H19NO. The van der Waals surface area contributed by atoms with Crippen LogP contribution < -0.4 is 0 Å². The summed E-state index contributed by atoms with van der Waals surface area (Å²) in [5.41, 5.74) is 0.903. The Hall–Kier alpha value is -1.15. The van der Waals surface area contributed by atoms with Gasteiger partial charge in [0, 0.05) is 17.1 Å². The second-order valence-corrected chi connectivity index (χ2v) is 5.49. The van der Waals surface area contributed by atoms with Crippen molar-refractivity contribution in [2.75, 3.05) is 0 Å². The van der Waals surface area contributed by atoms with Crippen LogP contribution in [0.5, 0.6) is 0 Å². The topological polar surface area (TPSA) is 20.1 Å². The van der Waals surface area contributed by atoms with Crippen LogP contribution in [0.25, 0.3) is 0 Å². The molecule has 86 valence electrons. The Balaban J connectivity index is 2.15. The van der Waals surface area contributed by atoms with Crippen LogP contribution in [0, 0.1) is 0 Å². The predicted molar refractivity (Wildman–Crippen MR) is 65.6 cm³/mol. The molecule has 1 fully saturated rings. The Morgan fingerprint density at radius 1 is 1.19 bits per heavy atom. The SMILES string of the molecule is C[C@H]1[C@@H](C(=O)c2ccccc2)N1C(C)(C)C. The number of benzene rings is 1. The van der Waals surface area contributed by atoms with E-state index >= 15 is 0 Å². The number of nitrogens with zero attached hydrogens (tertiary/aromatic N) is 1. The van der Waals surface area contributed by atoms with E-state index in [-0.39, 0.29) is 17.4 Å². The fourth-order valence-electron chi connectivity index (χ4n) is 2.50. The molecule has 1 aliphatic heterocycles. The van der Waals surface area contributed by atoms with Gasteiger partial charge in [-0.25, -0.2) is 0 Å². The van der Waals surface area contributed by atoms with Crippen molar-refractivity contribution in [3.8, 4) is 0 Å². The van der Waals surface area contributed by atoms with E-state index in [0.717, 1.165) is 5.56 Å². The molecule has 16 heavy (non-hydrogen) atoms. The average Bonchev–Trinajstić information content (AvgIpc) is 2.90. The van der Waals surface area contributed by atoms with Crippen LogP contribution in [0.2, 0.25) is 0 Å². The van der Waals surface area contributed by atoms with Crippen LogP contribution in [-0.4, -0.2) is 28.3 Å². The summed E-state index contributed by atoms with van der Waals surface area (Å²) in [4.78, 5) is 14.5. The van der Waals surface area contributed by atoms with Crippen molar-refractivity contribution >= 4 is 5.78 Å². The van der Waals surface area contributed by atoms with Crippen LogP contribution in [0.3, 0.4) is 0 Å². The van der Waals surface area contributed by atoms with Gasteiger partial charge in [0.25, 0.3) is 0 Å². The van der Waals surface area contributed by atoms with E-state index in [1.807, 2.05) is 30.3 Å². The van der Waals surface area contributed by atoms with E-state index in [1.165, 1.54) is 0 Å². The summed E-state index contributed by atoms with van der Waals surface area (Å²) in [6.45, 7) is 8.59. The van der Waals surface area contributed by atoms with Crippen molar-refractivity contribution in [2.45, 2.75) is 45.3 Å². The smallest absolute Gasteiger partial charge is 0.181 e. The Bertz CT molecular complexity index is 391. The summed E-state index contributed by atoms with van der Waals surface area (Å²) in [6.07, 6.45) is 0. The first-order valence-corrected chi connectivity index (χ1v) is 5.80. The lowest BCUT2D eigenvalue weighted by molar-refractivity contribution is 0.0957. The molecule has 1 aromatic carbocycles. The second-order valence-electron chi connectivity index (χ2n) is 5.49. The van der Waals surface area contributed by atoms with Gasteiger partial charge >= 0.3 is 0 Å². The van der Waals surface area contributed by atoms with Gasteiger partial charge in [-0.05, 0) is 27.7 Å². The van der Waals surface area contributed by atoms with E-state index < -0.39 is 0 Å². The molecule has 0 amide bonds. The van der Waals surface area contributed by atoms with Gasteiger partial charge in [0.05, 0.1) is 6.04 Å². The Labute approximate surface area is 97.3 Å². The summed E-state index contributed by atoms with van der Waals surface area (Å²) in [7, 11) is 0. The summed E-state index contributed by atoms with van der Waals surface area (Å²) in [5, 5.41) is 0. The van der Waals surface area contributed by atoms with E-state index in [2.05, 4.69) is 32.6 Å². The van der Waals surface area contributed by atoms with Gasteiger partial charge in [-0.2, -0.15) is 0 Å². The number of carbonyl (C=O) groups excluding carboxylic acids is 1. The van der Waals surface area contributed by atoms with Gasteiger partial charge in [0.2, 0.25) is 0 Å². The van der Waals surface area contributed by atoms with E-state index in [9.17, 15) is 4.79 Å². The highest BCUT2D eigenvalue weighted by atomic mass is 16.1. The minimum atomic E-state index is 0.0717. The Morgan fingerprint density at radius 3 is 2.19 bits per heavy atom. The zero-order chi connectivity index (χ0) is 11.9. The summed E-state index contributed by atoms with van der Waals surface area (Å²) >= 11 is 0. The molecule has 0 spiro atoms. The normalized spacial score (nSPS) is 28.9. The highest BCUT2D eigenvalue weighted by Gasteiger charge is 2.54. The number of hydrogen-bond acceptors (Lipinski definition) is 2. The third kappa shape index (κ3) is 1.90. The molecule has 1 unspecified atom stereocenters. The maximum absolute atomic E-state index is 12.2. The molecular weight excluding hydrogens is 198 g/mol. The van der Waals surface area contributed by atoms with E-state index in [1.54, 1.807) is 0 Å². The minimum absolute atomic E-state index is 0.0717. The van der Waals surface area contributed by atoms with Crippen LogP contribution in [0.15, 0.2) is 30.3 Å². The molecule has 2 rings (SSSR count). The minimum Gasteiger partial charge on any atom is -0.292 e. The fraction of sp³-hybridized carbons (Fsp3) is 0.500. The molecule has 0 aliphatic carbocycles. The number of rotatable bonds is 2. The Kier molecular flexibility index (Phi) is 2.62. The first kappa shape index (κ1) is 11.3. The molecule has 1 aliphatic rings. The third-order valence-corrected chi connectivity index (χ3v) is 3.21. The monoisotopic (exact) mass is 217 g/mol. The third-order valence-electron chi connectivity index (χ3n) is 3.21. The lowest BCUT2D eigenvalue weighted by atomic mass is 10.1. The van der Waals surface area contributed by atoms with E-state index in [0.29, 0.717) is 6.04 Å². The number of Topliss-reactive ketones (excluding diaryl/α,β-unsaturated/α-hetero) is 1. The number of carbonyl (C=O) groups is 1. The summed E-state index contributed by atoms with van der Waals surface area (Å²) in [6, 6.07) is 10.0. The zero-order valence-corrected chi connectivity index (χ0v) is 10.4. The van der Waals surface area contributed by atoms with Crippen molar-refractivity contribution in [1.82, 2.24) is 4.90 Å². The van der Waals surface area contributed by atoms with Crippen molar-refractivity contribution in [2.24, 2.45) is 0 Å². The molecule has 0 aromatic heterocycles. The lowest BCUT2D eigenvalue weighted by Crippen LogP contribution is -2.30. The largest absolute Gasteiger partial charge is 0.292 e. The van der Waals surface area contributed by atoms with Gasteiger partial charge in [0.15, 0.2) is 5.78 Å². The molecule has 3 atom stereocenters. The molecule has 0 bridgehead atoms. The van der Waals surface area contributed by atoms with Crippen LogP contribution in [0.1, 0.15) is 38.1 Å². The molecule has 0 radical (unpaired) electrons. The van der Waals surface area contributed by atoms with Crippen LogP contribution >= 0.6 is 0 Å². The fourth-order valence-corrected chi connectivity index (χ4v) is 2.50. The Morgan fingerprint density at radius 2 is 1.75 bits per heavy atom. The first-order valence-electron chi connectivity index (χ1n) is 5.80. The highest BCUT2D eigenvalue weighted by molar-refractivity contribution is 6.02. The molecule has 1 heterocycles. The highest BCUT2D eigenvalue weighted by Crippen LogP contribution is 2.38. The maximum Gasteiger partial charge on any atom is 0.181 e. The van der Waals surface area contributed by atoms with Gasteiger partial charge in [-0.15, -0.1) is 0 Å². The van der Waals surface area contributed by atoms with Crippen molar-refractivity contribution in [3.05, 3.63) is 35.9 Å². The van der Waals surface area contributed by atoms with Gasteiger partial charge in [0.1, 0.15) is 0 Å². The van der Waals surface area contributed by atoms with Gasteiger partial charge in [-0.1, -0.05) is 30.3 Å². The van der Waals surface area contributed by atoms with Crippen LogP contribution in [0.4, 0.5) is 0 Å². The summed E-state index contributed by atoms with van der Waals surface area (Å²) < 4.78 is 0. The number of hydrogen-bond donors (Lipinski definition) is 0. The molecule has 2 heteroatoms. The molecule has 1 saturated heterocycles. The standard InChI is InChI=1S/C14H19NO/c1-10-12(15(10)14(2,3)4)13(16)11-8-6-5-7-9-11/h5-10,12H,1-4H3/t10-,12-,15?/m0/s1. The van der Waals surface area contributed by atoms with Crippen LogP contribution in [-0.2, 0) is 0 Å².